The van der Waals surface area contributed by atoms with E-state index in [0.717, 1.165) is 44.4 Å². The van der Waals surface area contributed by atoms with Gasteiger partial charge in [0.25, 0.3) is 0 Å². The third-order valence-corrected chi connectivity index (χ3v) is 6.11. The van der Waals surface area contributed by atoms with E-state index in [9.17, 15) is 0 Å². The van der Waals surface area contributed by atoms with Crippen LogP contribution in [0.3, 0.4) is 0 Å². The lowest BCUT2D eigenvalue weighted by atomic mass is 9.85. The third kappa shape index (κ3) is 2.94. The van der Waals surface area contributed by atoms with Gasteiger partial charge in [-0.25, -0.2) is 0 Å². The molecule has 3 heteroatoms. The fraction of sp³-hybridized carbons (Fsp3) is 0.417. The van der Waals surface area contributed by atoms with Crippen LogP contribution in [0.4, 0.5) is 5.69 Å². The van der Waals surface area contributed by atoms with Gasteiger partial charge in [0.1, 0.15) is 5.60 Å². The minimum Gasteiger partial charge on any atom is -0.399 e. The maximum atomic E-state index is 6.37. The van der Waals surface area contributed by atoms with E-state index < -0.39 is 0 Å². The van der Waals surface area contributed by atoms with Crippen molar-refractivity contribution < 1.29 is 4.74 Å². The summed E-state index contributed by atoms with van der Waals surface area (Å²) in [7, 11) is 0. The van der Waals surface area contributed by atoms with Crippen molar-refractivity contribution in [2.75, 3.05) is 12.3 Å². The van der Waals surface area contributed by atoms with Gasteiger partial charge in [-0.1, -0.05) is 39.3 Å². The van der Waals surface area contributed by atoms with Crippen LogP contribution in [0.1, 0.15) is 56.9 Å². The summed E-state index contributed by atoms with van der Waals surface area (Å²) in [5.41, 5.74) is 14.5. The molecule has 0 aliphatic carbocycles. The molecule has 1 atom stereocenters. The lowest BCUT2D eigenvalue weighted by Gasteiger charge is -2.36. The Hall–Kier alpha value is -2.26. The van der Waals surface area contributed by atoms with Crippen molar-refractivity contribution in [3.63, 3.8) is 0 Å². The molecule has 1 aliphatic rings. The summed E-state index contributed by atoms with van der Waals surface area (Å²) in [5.74, 6) is 0. The molecule has 0 amide bonds. The minimum atomic E-state index is -0.163. The Kier molecular flexibility index (Phi) is 4.73. The molecule has 1 aliphatic heterocycles. The number of nitrogens with one attached hydrogen (secondary N) is 1. The highest BCUT2D eigenvalue weighted by Crippen LogP contribution is 2.43. The summed E-state index contributed by atoms with van der Waals surface area (Å²) < 4.78 is 6.37. The van der Waals surface area contributed by atoms with Gasteiger partial charge in [-0.05, 0) is 72.2 Å². The van der Waals surface area contributed by atoms with Gasteiger partial charge in [0.05, 0.1) is 12.3 Å². The van der Waals surface area contributed by atoms with Crippen molar-refractivity contribution in [1.29, 1.82) is 0 Å². The third-order valence-electron chi connectivity index (χ3n) is 6.11. The molecule has 0 saturated heterocycles. The molecule has 2 heterocycles. The zero-order valence-electron chi connectivity index (χ0n) is 16.7. The zero-order valence-corrected chi connectivity index (χ0v) is 16.7. The summed E-state index contributed by atoms with van der Waals surface area (Å²) in [4.78, 5) is 3.80. The summed E-state index contributed by atoms with van der Waals surface area (Å²) in [6.45, 7) is 7.52. The van der Waals surface area contributed by atoms with Crippen LogP contribution in [0.15, 0.2) is 36.4 Å². The number of aromatic nitrogens is 1. The maximum Gasteiger partial charge on any atom is 0.108 e. The Balaban J connectivity index is 1.96. The fourth-order valence-electron chi connectivity index (χ4n) is 4.71. The Labute approximate surface area is 161 Å². The lowest BCUT2D eigenvalue weighted by Crippen LogP contribution is -2.35. The predicted octanol–water partition coefficient (Wildman–Crippen LogP) is 5.96. The number of hydrogen-bond acceptors (Lipinski definition) is 2. The molecule has 0 fully saturated rings. The van der Waals surface area contributed by atoms with E-state index in [2.05, 4.69) is 50.0 Å². The highest BCUT2D eigenvalue weighted by Gasteiger charge is 2.38. The molecular formula is C24H30N2O. The van der Waals surface area contributed by atoms with Crippen LogP contribution in [-0.4, -0.2) is 11.6 Å². The number of aryl methyl sites for hydroxylation is 1. The number of rotatable bonds is 5. The Morgan fingerprint density at radius 1 is 1.11 bits per heavy atom. The summed E-state index contributed by atoms with van der Waals surface area (Å²) in [6, 6.07) is 12.8. The van der Waals surface area contributed by atoms with E-state index in [4.69, 9.17) is 10.5 Å². The number of aromatic amines is 1. The summed E-state index contributed by atoms with van der Waals surface area (Å²) in [5, 5.41) is 1.36. The topological polar surface area (TPSA) is 51.0 Å². The van der Waals surface area contributed by atoms with Crippen LogP contribution in [0.5, 0.6) is 0 Å². The van der Waals surface area contributed by atoms with E-state index >= 15 is 0 Å². The van der Waals surface area contributed by atoms with Crippen LogP contribution < -0.4 is 5.73 Å². The van der Waals surface area contributed by atoms with Crippen LogP contribution in [0.25, 0.3) is 22.0 Å². The Morgan fingerprint density at radius 3 is 2.67 bits per heavy atom. The van der Waals surface area contributed by atoms with Gasteiger partial charge in [-0.2, -0.15) is 0 Å². The van der Waals surface area contributed by atoms with Gasteiger partial charge in [0.15, 0.2) is 0 Å². The van der Waals surface area contributed by atoms with Crippen LogP contribution >= 0.6 is 0 Å². The van der Waals surface area contributed by atoms with Crippen LogP contribution in [0, 0.1) is 0 Å². The van der Waals surface area contributed by atoms with Gasteiger partial charge in [-0.3, -0.25) is 0 Å². The van der Waals surface area contributed by atoms with Crippen molar-refractivity contribution >= 4 is 16.6 Å². The molecule has 142 valence electrons. The van der Waals surface area contributed by atoms with E-state index in [-0.39, 0.29) is 5.60 Å². The maximum absolute atomic E-state index is 6.37. The zero-order chi connectivity index (χ0) is 19.0. The first-order valence-electron chi connectivity index (χ1n) is 10.3. The second-order valence-corrected chi connectivity index (χ2v) is 7.71. The predicted molar refractivity (Wildman–Crippen MR) is 114 cm³/mol. The van der Waals surface area contributed by atoms with Crippen molar-refractivity contribution in [2.45, 2.75) is 58.5 Å². The number of hydrogen-bond donors (Lipinski definition) is 2. The second-order valence-electron chi connectivity index (χ2n) is 7.71. The number of anilines is 1. The van der Waals surface area contributed by atoms with Gasteiger partial charge < -0.3 is 15.5 Å². The number of nitrogens with two attached hydrogens (primary N) is 1. The number of nitrogen functional groups attached to an aromatic ring is 1. The average Bonchev–Trinajstić information content (AvgIpc) is 3.07. The highest BCUT2D eigenvalue weighted by atomic mass is 16.5. The van der Waals surface area contributed by atoms with Crippen molar-refractivity contribution in [2.24, 2.45) is 0 Å². The monoisotopic (exact) mass is 362 g/mol. The SMILES string of the molecule is CCCC1(CC)OCCc2c1[nH]c1c(CC)cc(-c3cccc(N)c3)cc21. The van der Waals surface area contributed by atoms with Crippen LogP contribution in [0.2, 0.25) is 0 Å². The molecule has 3 nitrogen and oxygen atoms in total. The first-order chi connectivity index (χ1) is 13.1. The van der Waals surface area contributed by atoms with Crippen molar-refractivity contribution in [1.82, 2.24) is 4.98 Å². The molecule has 2 aromatic carbocycles. The highest BCUT2D eigenvalue weighted by molar-refractivity contribution is 5.92. The summed E-state index contributed by atoms with van der Waals surface area (Å²) in [6.07, 6.45) is 5.17. The number of fused-ring (bicyclic) bond motifs is 3. The number of benzene rings is 2. The van der Waals surface area contributed by atoms with Gasteiger partial charge in [-0.15, -0.1) is 0 Å². The van der Waals surface area contributed by atoms with Crippen molar-refractivity contribution in [3.8, 4) is 11.1 Å². The molecule has 27 heavy (non-hydrogen) atoms. The molecular weight excluding hydrogens is 332 g/mol. The van der Waals surface area contributed by atoms with Crippen molar-refractivity contribution in [3.05, 3.63) is 53.2 Å². The Morgan fingerprint density at radius 2 is 1.96 bits per heavy atom. The van der Waals surface area contributed by atoms with Gasteiger partial charge >= 0.3 is 0 Å². The van der Waals surface area contributed by atoms with E-state index in [1.165, 1.54) is 38.9 Å². The molecule has 0 spiro atoms. The average molecular weight is 363 g/mol. The van der Waals surface area contributed by atoms with Gasteiger partial charge in [0, 0.05) is 16.6 Å². The largest absolute Gasteiger partial charge is 0.399 e. The van der Waals surface area contributed by atoms with E-state index in [1.807, 2.05) is 12.1 Å². The smallest absolute Gasteiger partial charge is 0.108 e. The standard InChI is InChI=1S/C24H30N2O/c1-4-11-24(6-3)23-20(10-12-27-24)21-15-18(13-16(5-2)22(21)26-23)17-8-7-9-19(25)14-17/h7-9,13-15,26H,4-6,10-12,25H2,1-3H3. The molecule has 4 rings (SSSR count). The molecule has 0 radical (unpaired) electrons. The van der Waals surface area contributed by atoms with E-state index in [1.54, 1.807) is 0 Å². The second kappa shape index (κ2) is 7.05. The Bertz CT molecular complexity index is 972. The number of ether oxygens (including phenoxy) is 1. The molecule has 3 aromatic rings. The first-order valence-corrected chi connectivity index (χ1v) is 10.3. The van der Waals surface area contributed by atoms with Crippen LogP contribution in [-0.2, 0) is 23.2 Å². The van der Waals surface area contributed by atoms with E-state index in [0.29, 0.717) is 0 Å². The molecule has 0 bridgehead atoms. The molecule has 0 saturated carbocycles. The quantitative estimate of drug-likeness (QED) is 0.550. The molecule has 1 unspecified atom stereocenters. The first kappa shape index (κ1) is 18.1. The fourth-order valence-corrected chi connectivity index (χ4v) is 4.71. The molecule has 3 N–H and O–H groups in total. The van der Waals surface area contributed by atoms with Gasteiger partial charge in [0.2, 0.25) is 0 Å². The normalized spacial score (nSPS) is 19.4. The summed E-state index contributed by atoms with van der Waals surface area (Å²) >= 11 is 0. The lowest BCUT2D eigenvalue weighted by molar-refractivity contribution is -0.0723. The number of H-pyrrole nitrogens is 1. The molecule has 1 aromatic heterocycles. The minimum absolute atomic E-state index is 0.163.